The van der Waals surface area contributed by atoms with Crippen molar-refractivity contribution in [1.29, 1.82) is 0 Å². The summed E-state index contributed by atoms with van der Waals surface area (Å²) >= 11 is 13.4. The molecule has 6 rings (SSSR count). The molecule has 0 saturated heterocycles. The number of hydrogen-bond acceptors (Lipinski definition) is 7. The van der Waals surface area contributed by atoms with Gasteiger partial charge in [-0.05, 0) is 23.8 Å². The van der Waals surface area contributed by atoms with Gasteiger partial charge in [-0.3, -0.25) is 20.0 Å². The molecule has 1 N–H and O–H groups in total. The average molecular weight is 604 g/mol. The normalized spacial score (nSPS) is 13.1. The van der Waals surface area contributed by atoms with E-state index in [-0.39, 0.29) is 0 Å². The highest BCUT2D eigenvalue weighted by Crippen LogP contribution is 2.31. The Kier molecular flexibility index (Phi) is 7.98. The number of nitrogens with zero attached hydrogens (tertiary/aromatic N) is 3. The first-order valence-electron chi connectivity index (χ1n) is 13.0. The van der Waals surface area contributed by atoms with Crippen molar-refractivity contribution < 1.29 is 14.3 Å². The quantitative estimate of drug-likeness (QED) is 0.201. The number of carbonyl (C=O) groups excluding carboxylic acids is 2. The van der Waals surface area contributed by atoms with Crippen LogP contribution < -0.4 is 5.32 Å². The molecule has 5 aromatic rings. The summed E-state index contributed by atoms with van der Waals surface area (Å²) in [5.74, 6) is -1.03. The second-order valence-corrected chi connectivity index (χ2v) is 11.3. The standard InChI is InChI=1S/C31H24Cl2N4O3S/c32-23-11-10-20(14-24(23)33)27-18-41-31(35-27)36-28(38)17-40-30(39)29-21-8-4-5-9-25(21)34-26-12-13-37(16-22(26)29)15-19-6-2-1-3-7-19/h1-11,14,18H,12-13,15-17H2,(H,35,36,38). The van der Waals surface area contributed by atoms with E-state index in [2.05, 4.69) is 27.3 Å². The first-order valence-corrected chi connectivity index (χ1v) is 14.6. The molecule has 3 aromatic carbocycles. The molecule has 0 unspecified atom stereocenters. The van der Waals surface area contributed by atoms with Crippen LogP contribution in [-0.4, -0.2) is 39.9 Å². The van der Waals surface area contributed by atoms with Gasteiger partial charge in [-0.15, -0.1) is 11.3 Å². The van der Waals surface area contributed by atoms with E-state index in [1.165, 1.54) is 16.9 Å². The van der Waals surface area contributed by atoms with E-state index in [1.807, 2.05) is 42.5 Å². The highest BCUT2D eigenvalue weighted by Gasteiger charge is 2.27. The van der Waals surface area contributed by atoms with Gasteiger partial charge in [0.05, 0.1) is 26.8 Å². The first-order chi connectivity index (χ1) is 19.9. The molecule has 10 heteroatoms. The van der Waals surface area contributed by atoms with Crippen LogP contribution in [0.25, 0.3) is 22.2 Å². The molecule has 2 aromatic heterocycles. The van der Waals surface area contributed by atoms with Gasteiger partial charge in [-0.1, -0.05) is 77.8 Å². The summed E-state index contributed by atoms with van der Waals surface area (Å²) in [6, 6.07) is 23.0. The Morgan fingerprint density at radius 1 is 0.976 bits per heavy atom. The van der Waals surface area contributed by atoms with Gasteiger partial charge in [0, 0.05) is 53.6 Å². The fourth-order valence-corrected chi connectivity index (χ4v) is 5.97. The number of ether oxygens (including phenoxy) is 1. The van der Waals surface area contributed by atoms with E-state index in [4.69, 9.17) is 32.9 Å². The number of halogens is 2. The summed E-state index contributed by atoms with van der Waals surface area (Å²) in [7, 11) is 0. The molecule has 3 heterocycles. The molecule has 0 atom stereocenters. The van der Waals surface area contributed by atoms with E-state index in [0.29, 0.717) is 38.4 Å². The maximum atomic E-state index is 13.5. The molecule has 0 spiro atoms. The van der Waals surface area contributed by atoms with Crippen molar-refractivity contribution in [2.24, 2.45) is 0 Å². The van der Waals surface area contributed by atoms with Gasteiger partial charge in [0.15, 0.2) is 11.7 Å². The van der Waals surface area contributed by atoms with E-state index in [1.54, 1.807) is 23.6 Å². The van der Waals surface area contributed by atoms with Gasteiger partial charge >= 0.3 is 5.97 Å². The van der Waals surface area contributed by atoms with Gasteiger partial charge in [0.25, 0.3) is 5.91 Å². The molecule has 7 nitrogen and oxygen atoms in total. The van der Waals surface area contributed by atoms with Crippen LogP contribution in [0.2, 0.25) is 10.0 Å². The van der Waals surface area contributed by atoms with Crippen molar-refractivity contribution >= 4 is 62.4 Å². The smallest absolute Gasteiger partial charge is 0.339 e. The minimum atomic E-state index is -0.549. The SMILES string of the molecule is O=C(COC(=O)c1c2c(nc3ccccc13)CCN(Cc1ccccc1)C2)Nc1nc(-c2ccc(Cl)c(Cl)c2)cs1. The molecular formula is C31H24Cl2N4O3S. The number of fused-ring (bicyclic) bond motifs is 2. The van der Waals surface area contributed by atoms with Crippen LogP contribution >= 0.6 is 34.5 Å². The zero-order valence-electron chi connectivity index (χ0n) is 21.8. The molecule has 0 fully saturated rings. The molecule has 0 radical (unpaired) electrons. The number of thiazole rings is 1. The Labute approximate surface area is 250 Å². The largest absolute Gasteiger partial charge is 0.452 e. The molecule has 0 aliphatic carbocycles. The maximum Gasteiger partial charge on any atom is 0.339 e. The molecule has 1 aliphatic rings. The molecule has 1 amide bonds. The fourth-order valence-electron chi connectivity index (χ4n) is 4.93. The monoisotopic (exact) mass is 602 g/mol. The van der Waals surface area contributed by atoms with Crippen LogP contribution in [0.15, 0.2) is 78.2 Å². The lowest BCUT2D eigenvalue weighted by atomic mass is 9.95. The Morgan fingerprint density at radius 2 is 1.78 bits per heavy atom. The van der Waals surface area contributed by atoms with E-state index in [0.717, 1.165) is 41.8 Å². The van der Waals surface area contributed by atoms with Gasteiger partial charge in [0.2, 0.25) is 0 Å². The predicted molar refractivity (Wildman–Crippen MR) is 162 cm³/mol. The van der Waals surface area contributed by atoms with Crippen LogP contribution in [-0.2, 0) is 29.0 Å². The number of rotatable bonds is 7. The summed E-state index contributed by atoms with van der Waals surface area (Å²) in [5, 5.41) is 6.48. The maximum absolute atomic E-state index is 13.5. The number of pyridine rings is 1. The van der Waals surface area contributed by atoms with Crippen LogP contribution in [0.1, 0.15) is 27.2 Å². The number of esters is 1. The highest BCUT2D eigenvalue weighted by molar-refractivity contribution is 7.14. The zero-order chi connectivity index (χ0) is 28.3. The summed E-state index contributed by atoms with van der Waals surface area (Å²) in [6.07, 6.45) is 0.721. The summed E-state index contributed by atoms with van der Waals surface area (Å²) in [5.41, 5.74) is 5.57. The van der Waals surface area contributed by atoms with Crippen molar-refractivity contribution in [1.82, 2.24) is 14.9 Å². The minimum absolute atomic E-state index is 0.385. The van der Waals surface area contributed by atoms with Crippen LogP contribution in [0.4, 0.5) is 5.13 Å². The summed E-state index contributed by atoms with van der Waals surface area (Å²) in [4.78, 5) is 37.8. The Hall–Kier alpha value is -3.82. The molecule has 0 saturated carbocycles. The second-order valence-electron chi connectivity index (χ2n) is 9.67. The van der Waals surface area contributed by atoms with E-state index in [9.17, 15) is 9.59 Å². The third kappa shape index (κ3) is 6.11. The van der Waals surface area contributed by atoms with Crippen LogP contribution in [0, 0.1) is 0 Å². The average Bonchev–Trinajstić information content (AvgIpc) is 3.45. The molecule has 0 bridgehead atoms. The Balaban J connectivity index is 1.17. The molecule has 41 heavy (non-hydrogen) atoms. The number of nitrogens with one attached hydrogen (secondary N) is 1. The van der Waals surface area contributed by atoms with E-state index < -0.39 is 18.5 Å². The molecule has 206 valence electrons. The number of para-hydroxylation sites is 1. The number of anilines is 1. The minimum Gasteiger partial charge on any atom is -0.452 e. The van der Waals surface area contributed by atoms with Crippen molar-refractivity contribution in [3.8, 4) is 11.3 Å². The van der Waals surface area contributed by atoms with Crippen molar-refractivity contribution in [3.63, 3.8) is 0 Å². The van der Waals surface area contributed by atoms with Gasteiger partial charge < -0.3 is 4.74 Å². The van der Waals surface area contributed by atoms with Crippen LogP contribution in [0.3, 0.4) is 0 Å². The number of carbonyl (C=O) groups is 2. The molecule has 1 aliphatic heterocycles. The number of hydrogen-bond donors (Lipinski definition) is 1. The number of benzene rings is 3. The lowest BCUT2D eigenvalue weighted by Gasteiger charge is -2.30. The van der Waals surface area contributed by atoms with Crippen molar-refractivity contribution in [2.45, 2.75) is 19.5 Å². The van der Waals surface area contributed by atoms with Gasteiger partial charge in [-0.25, -0.2) is 9.78 Å². The number of aromatic nitrogens is 2. The zero-order valence-corrected chi connectivity index (χ0v) is 24.1. The first kappa shape index (κ1) is 27.4. The van der Waals surface area contributed by atoms with Crippen LogP contribution in [0.5, 0.6) is 0 Å². The summed E-state index contributed by atoms with van der Waals surface area (Å²) < 4.78 is 5.56. The van der Waals surface area contributed by atoms with E-state index >= 15 is 0 Å². The Morgan fingerprint density at radius 3 is 2.61 bits per heavy atom. The highest BCUT2D eigenvalue weighted by atomic mass is 35.5. The fraction of sp³-hybridized carbons (Fsp3) is 0.161. The predicted octanol–water partition coefficient (Wildman–Crippen LogP) is 7.02. The third-order valence-corrected chi connectivity index (χ3v) is 8.38. The lowest BCUT2D eigenvalue weighted by molar-refractivity contribution is -0.119. The van der Waals surface area contributed by atoms with Gasteiger partial charge in [0.1, 0.15) is 0 Å². The Bertz CT molecular complexity index is 1760. The van der Waals surface area contributed by atoms with Crippen molar-refractivity contribution in [2.75, 3.05) is 18.5 Å². The van der Waals surface area contributed by atoms with Crippen molar-refractivity contribution in [3.05, 3.63) is 111 Å². The second kappa shape index (κ2) is 12.0. The third-order valence-electron chi connectivity index (χ3n) is 6.88. The number of amides is 1. The van der Waals surface area contributed by atoms with Gasteiger partial charge in [-0.2, -0.15) is 0 Å². The molecular weight excluding hydrogens is 579 g/mol. The lowest BCUT2D eigenvalue weighted by Crippen LogP contribution is -2.32. The topological polar surface area (TPSA) is 84.4 Å². The summed E-state index contributed by atoms with van der Waals surface area (Å²) in [6.45, 7) is 1.72.